The van der Waals surface area contributed by atoms with E-state index in [-0.39, 0.29) is 22.7 Å². The number of amides is 1. The van der Waals surface area contributed by atoms with Crippen molar-refractivity contribution in [2.75, 3.05) is 5.32 Å². The van der Waals surface area contributed by atoms with Crippen LogP contribution < -0.4 is 5.32 Å². The van der Waals surface area contributed by atoms with Crippen molar-refractivity contribution in [3.8, 4) is 0 Å². The quantitative estimate of drug-likeness (QED) is 0.622. The number of hydrogen-bond acceptors (Lipinski definition) is 4. The third-order valence-electron chi connectivity index (χ3n) is 2.92. The van der Waals surface area contributed by atoms with E-state index in [0.717, 1.165) is 0 Å². The number of imidazole rings is 1. The second kappa shape index (κ2) is 5.57. The highest BCUT2D eigenvalue weighted by Crippen LogP contribution is 2.19. The summed E-state index contributed by atoms with van der Waals surface area (Å²) < 4.78 is 0.540. The molecule has 7 nitrogen and oxygen atoms in total. The Morgan fingerprint density at radius 1 is 1.14 bits per heavy atom. The van der Waals surface area contributed by atoms with Gasteiger partial charge in [0.1, 0.15) is 15.8 Å². The molecule has 0 spiro atoms. The highest BCUT2D eigenvalue weighted by Gasteiger charge is 2.15. The molecule has 0 atom stereocenters. The fourth-order valence-electron chi connectivity index (χ4n) is 1.97. The van der Waals surface area contributed by atoms with Crippen LogP contribution in [-0.4, -0.2) is 31.9 Å². The minimum Gasteiger partial charge on any atom is -0.478 e. The molecule has 0 unspecified atom stereocenters. The van der Waals surface area contributed by atoms with E-state index in [1.54, 1.807) is 30.3 Å². The molecule has 2 heterocycles. The number of nitrogens with zero attached hydrogens (tertiary/aromatic N) is 2. The van der Waals surface area contributed by atoms with E-state index in [1.165, 1.54) is 6.07 Å². The number of aromatic carboxylic acids is 1. The van der Waals surface area contributed by atoms with Crippen LogP contribution in [0.15, 0.2) is 41.0 Å². The fraction of sp³-hybridized carbons (Fsp3) is 0. The van der Waals surface area contributed by atoms with Crippen LogP contribution >= 0.6 is 15.9 Å². The molecule has 0 bridgehead atoms. The van der Waals surface area contributed by atoms with Gasteiger partial charge in [-0.05, 0) is 40.2 Å². The van der Waals surface area contributed by atoms with Crippen LogP contribution in [0.3, 0.4) is 0 Å². The summed E-state index contributed by atoms with van der Waals surface area (Å²) in [5.41, 5.74) is 1.09. The molecule has 3 N–H and O–H groups in total. The van der Waals surface area contributed by atoms with E-state index in [0.29, 0.717) is 10.1 Å². The lowest BCUT2D eigenvalue weighted by atomic mass is 10.2. The maximum Gasteiger partial charge on any atom is 0.337 e. The first kappa shape index (κ1) is 14.2. The Hall–Kier alpha value is -2.74. The monoisotopic (exact) mass is 360 g/mol. The Bertz CT molecular complexity index is 891. The molecule has 1 aromatic carbocycles. The number of pyridine rings is 1. The number of H-pyrrole nitrogens is 1. The predicted octanol–water partition coefficient (Wildman–Crippen LogP) is 2.67. The second-order valence-electron chi connectivity index (χ2n) is 4.39. The van der Waals surface area contributed by atoms with Gasteiger partial charge in [0.2, 0.25) is 5.95 Å². The highest BCUT2D eigenvalue weighted by atomic mass is 79.9. The number of aromatic amines is 1. The number of halogens is 1. The summed E-state index contributed by atoms with van der Waals surface area (Å²) in [6.07, 6.45) is 0. The van der Waals surface area contributed by atoms with Crippen molar-refractivity contribution in [2.24, 2.45) is 0 Å². The average Bonchev–Trinajstić information content (AvgIpc) is 2.89. The number of anilines is 1. The normalized spacial score (nSPS) is 10.6. The maximum atomic E-state index is 12.1. The Labute approximate surface area is 132 Å². The third kappa shape index (κ3) is 2.68. The number of rotatable bonds is 3. The van der Waals surface area contributed by atoms with Crippen LogP contribution in [0.4, 0.5) is 5.95 Å². The van der Waals surface area contributed by atoms with Crippen molar-refractivity contribution in [1.29, 1.82) is 0 Å². The summed E-state index contributed by atoms with van der Waals surface area (Å²) in [5, 5.41) is 11.7. The van der Waals surface area contributed by atoms with E-state index >= 15 is 0 Å². The molecular formula is C14H9BrN4O3. The van der Waals surface area contributed by atoms with Crippen molar-refractivity contribution in [3.05, 3.63) is 52.3 Å². The van der Waals surface area contributed by atoms with Crippen LogP contribution in [0, 0.1) is 0 Å². The molecule has 22 heavy (non-hydrogen) atoms. The zero-order valence-electron chi connectivity index (χ0n) is 11.0. The Kier molecular flexibility index (Phi) is 3.60. The van der Waals surface area contributed by atoms with Crippen LogP contribution in [0.5, 0.6) is 0 Å². The van der Waals surface area contributed by atoms with Gasteiger partial charge >= 0.3 is 5.97 Å². The van der Waals surface area contributed by atoms with Gasteiger partial charge in [-0.1, -0.05) is 12.1 Å². The van der Waals surface area contributed by atoms with Crippen LogP contribution in [-0.2, 0) is 0 Å². The first-order valence-electron chi connectivity index (χ1n) is 6.20. The molecule has 0 aliphatic rings. The lowest BCUT2D eigenvalue weighted by Crippen LogP contribution is -2.14. The molecule has 2 aromatic heterocycles. The van der Waals surface area contributed by atoms with Crippen molar-refractivity contribution in [3.63, 3.8) is 0 Å². The van der Waals surface area contributed by atoms with Crippen LogP contribution in [0.2, 0.25) is 0 Å². The van der Waals surface area contributed by atoms with Gasteiger partial charge in [0.15, 0.2) is 0 Å². The van der Waals surface area contributed by atoms with Gasteiger partial charge in [-0.25, -0.2) is 14.8 Å². The number of aromatic nitrogens is 3. The number of benzene rings is 1. The van der Waals surface area contributed by atoms with E-state index in [4.69, 9.17) is 5.11 Å². The van der Waals surface area contributed by atoms with Crippen molar-refractivity contribution in [2.45, 2.75) is 0 Å². The Morgan fingerprint density at radius 3 is 2.64 bits per heavy atom. The molecule has 8 heteroatoms. The topological polar surface area (TPSA) is 108 Å². The minimum absolute atomic E-state index is 0.0647. The molecule has 0 saturated heterocycles. The lowest BCUT2D eigenvalue weighted by Gasteiger charge is -2.01. The molecule has 1 amide bonds. The molecule has 0 aliphatic carbocycles. The van der Waals surface area contributed by atoms with E-state index in [1.807, 2.05) is 0 Å². The Morgan fingerprint density at radius 2 is 1.91 bits per heavy atom. The number of carbonyl (C=O) groups excluding carboxylic acids is 1. The summed E-state index contributed by atoms with van der Waals surface area (Å²) in [7, 11) is 0. The molecule has 0 saturated carbocycles. The van der Waals surface area contributed by atoms with Crippen LogP contribution in [0.1, 0.15) is 20.8 Å². The zero-order valence-corrected chi connectivity index (χ0v) is 12.6. The number of nitrogens with one attached hydrogen (secondary N) is 2. The van der Waals surface area contributed by atoms with Crippen LogP contribution in [0.25, 0.3) is 11.0 Å². The maximum absolute atomic E-state index is 12.1. The van der Waals surface area contributed by atoms with Gasteiger partial charge in [-0.15, -0.1) is 0 Å². The Balaban J connectivity index is 1.93. The summed E-state index contributed by atoms with van der Waals surface area (Å²) >= 11 is 3.19. The van der Waals surface area contributed by atoms with Gasteiger partial charge in [0.05, 0.1) is 11.1 Å². The highest BCUT2D eigenvalue weighted by molar-refractivity contribution is 9.10. The summed E-state index contributed by atoms with van der Waals surface area (Å²) in [6.45, 7) is 0. The zero-order chi connectivity index (χ0) is 15.7. The van der Waals surface area contributed by atoms with Gasteiger partial charge in [0, 0.05) is 0 Å². The standard InChI is InChI=1S/C14H9BrN4O3/c15-10-6-2-5-9(16-10)12(20)19-14-17-8-4-1-3-7(13(21)22)11(8)18-14/h1-6H,(H,21,22)(H2,17,18,19,20). The minimum atomic E-state index is -1.08. The summed E-state index contributed by atoms with van der Waals surface area (Å²) in [5.74, 6) is -1.36. The molecule has 0 fully saturated rings. The smallest absolute Gasteiger partial charge is 0.337 e. The van der Waals surface area contributed by atoms with Crippen molar-refractivity contribution in [1.82, 2.24) is 15.0 Å². The van der Waals surface area contributed by atoms with E-state index in [9.17, 15) is 9.59 Å². The third-order valence-corrected chi connectivity index (χ3v) is 3.36. The molecule has 110 valence electrons. The number of carboxylic acid groups (broad SMARTS) is 1. The van der Waals surface area contributed by atoms with Gasteiger partial charge in [-0.3, -0.25) is 10.1 Å². The first-order chi connectivity index (χ1) is 10.5. The number of para-hydroxylation sites is 1. The van der Waals surface area contributed by atoms with Crippen molar-refractivity contribution >= 4 is 44.8 Å². The molecule has 0 radical (unpaired) electrons. The summed E-state index contributed by atoms with van der Waals surface area (Å²) in [4.78, 5) is 34.3. The van der Waals surface area contributed by atoms with Gasteiger partial charge in [-0.2, -0.15) is 0 Å². The van der Waals surface area contributed by atoms with Crippen molar-refractivity contribution < 1.29 is 14.7 Å². The molecule has 0 aliphatic heterocycles. The molecular weight excluding hydrogens is 352 g/mol. The van der Waals surface area contributed by atoms with Gasteiger partial charge < -0.3 is 10.1 Å². The second-order valence-corrected chi connectivity index (χ2v) is 5.20. The largest absolute Gasteiger partial charge is 0.478 e. The van der Waals surface area contributed by atoms with Gasteiger partial charge in [0.25, 0.3) is 5.91 Å². The number of fused-ring (bicyclic) bond motifs is 1. The average molecular weight is 361 g/mol. The first-order valence-corrected chi connectivity index (χ1v) is 7.00. The van der Waals surface area contributed by atoms with E-state index < -0.39 is 11.9 Å². The molecule has 3 rings (SSSR count). The number of carbonyl (C=O) groups is 2. The number of hydrogen-bond donors (Lipinski definition) is 3. The fourth-order valence-corrected chi connectivity index (χ4v) is 2.31. The summed E-state index contributed by atoms with van der Waals surface area (Å²) in [6, 6.07) is 9.69. The van der Waals surface area contributed by atoms with E-state index in [2.05, 4.69) is 36.2 Å². The number of carboxylic acids is 1. The lowest BCUT2D eigenvalue weighted by molar-refractivity contribution is 0.0698. The SMILES string of the molecule is O=C(Nc1nc2c(C(=O)O)cccc2[nH]1)c1cccc(Br)n1. The predicted molar refractivity (Wildman–Crippen MR) is 82.9 cm³/mol. The molecule has 3 aromatic rings.